The van der Waals surface area contributed by atoms with E-state index in [1.54, 1.807) is 25.1 Å². The molecule has 6 nitrogen and oxygen atoms in total. The first kappa shape index (κ1) is 24.1. The molecular formula is C26H25ClN2O4. The van der Waals surface area contributed by atoms with E-state index in [0.717, 1.165) is 5.56 Å². The third kappa shape index (κ3) is 5.82. The molecule has 0 saturated carbocycles. The fourth-order valence-electron chi connectivity index (χ4n) is 3.77. The highest BCUT2D eigenvalue weighted by atomic mass is 35.5. The number of nitriles is 1. The van der Waals surface area contributed by atoms with Crippen molar-refractivity contribution < 1.29 is 19.1 Å². The summed E-state index contributed by atoms with van der Waals surface area (Å²) in [7, 11) is 0. The normalized spacial score (nSPS) is 15.5. The quantitative estimate of drug-likeness (QED) is 0.428. The van der Waals surface area contributed by atoms with Crippen LogP contribution in [0.2, 0.25) is 5.02 Å². The summed E-state index contributed by atoms with van der Waals surface area (Å²) in [5.74, 6) is -1.84. The molecular weight excluding hydrogens is 440 g/mol. The van der Waals surface area contributed by atoms with Crippen molar-refractivity contribution in [3.63, 3.8) is 0 Å². The van der Waals surface area contributed by atoms with Gasteiger partial charge in [-0.05, 0) is 36.6 Å². The summed E-state index contributed by atoms with van der Waals surface area (Å²) in [5, 5.41) is 12.5. The number of benzene rings is 2. The van der Waals surface area contributed by atoms with Gasteiger partial charge in [0, 0.05) is 16.4 Å². The molecule has 0 aliphatic carbocycles. The minimum Gasteiger partial charge on any atom is -0.461 e. The van der Waals surface area contributed by atoms with Crippen molar-refractivity contribution in [2.45, 2.75) is 39.2 Å². The van der Waals surface area contributed by atoms with Crippen LogP contribution in [-0.2, 0) is 25.7 Å². The molecule has 0 radical (unpaired) electrons. The first-order valence-electron chi connectivity index (χ1n) is 10.7. The second kappa shape index (κ2) is 11.3. The van der Waals surface area contributed by atoms with E-state index in [9.17, 15) is 9.59 Å². The number of nitrogens with one attached hydrogen (secondary N) is 1. The summed E-state index contributed by atoms with van der Waals surface area (Å²) in [4.78, 5) is 26.4. The topological polar surface area (TPSA) is 88.4 Å². The van der Waals surface area contributed by atoms with Crippen molar-refractivity contribution in [1.29, 1.82) is 5.26 Å². The van der Waals surface area contributed by atoms with E-state index in [-0.39, 0.29) is 19.6 Å². The Labute approximate surface area is 198 Å². The molecule has 170 valence electrons. The fraction of sp³-hybridized carbons (Fsp3) is 0.269. The van der Waals surface area contributed by atoms with Gasteiger partial charge in [0.2, 0.25) is 0 Å². The Morgan fingerprint density at radius 3 is 2.45 bits per heavy atom. The van der Waals surface area contributed by atoms with Gasteiger partial charge in [-0.25, -0.2) is 9.59 Å². The van der Waals surface area contributed by atoms with Gasteiger partial charge in [-0.2, -0.15) is 5.26 Å². The average molecular weight is 465 g/mol. The molecule has 33 heavy (non-hydrogen) atoms. The van der Waals surface area contributed by atoms with Gasteiger partial charge in [-0.1, -0.05) is 61.0 Å². The molecule has 0 amide bonds. The zero-order valence-corrected chi connectivity index (χ0v) is 19.3. The number of rotatable bonds is 8. The number of halogens is 1. The molecule has 0 saturated heterocycles. The van der Waals surface area contributed by atoms with Crippen molar-refractivity contribution in [3.8, 4) is 6.07 Å². The molecule has 0 bridgehead atoms. The molecule has 2 aromatic rings. The Kier molecular flexibility index (Phi) is 8.28. The molecule has 0 fully saturated rings. The van der Waals surface area contributed by atoms with E-state index in [4.69, 9.17) is 26.3 Å². The van der Waals surface area contributed by atoms with Gasteiger partial charge in [0.1, 0.15) is 13.2 Å². The number of hydrogen-bond acceptors (Lipinski definition) is 6. The lowest BCUT2D eigenvalue weighted by Gasteiger charge is -2.31. The van der Waals surface area contributed by atoms with Gasteiger partial charge in [0.25, 0.3) is 0 Å². The molecule has 1 unspecified atom stereocenters. The van der Waals surface area contributed by atoms with Crippen LogP contribution in [-0.4, -0.2) is 18.5 Å². The maximum absolute atomic E-state index is 13.4. The minimum atomic E-state index is -0.724. The lowest BCUT2D eigenvalue weighted by Crippen LogP contribution is -2.33. The van der Waals surface area contributed by atoms with Crippen molar-refractivity contribution in [2.75, 3.05) is 6.61 Å². The smallest absolute Gasteiger partial charge is 0.337 e. The van der Waals surface area contributed by atoms with Crippen LogP contribution in [0.3, 0.4) is 0 Å². The second-order valence-corrected chi connectivity index (χ2v) is 7.94. The lowest BCUT2D eigenvalue weighted by atomic mass is 9.80. The summed E-state index contributed by atoms with van der Waals surface area (Å²) in [6, 6.07) is 18.4. The molecule has 1 N–H and O–H groups in total. The second-order valence-electron chi connectivity index (χ2n) is 7.50. The largest absolute Gasteiger partial charge is 0.461 e. The number of hydrogen-bond donors (Lipinski definition) is 1. The number of ether oxygens (including phenoxy) is 2. The summed E-state index contributed by atoms with van der Waals surface area (Å²) in [6.07, 6.45) is 0.607. The SMILES string of the molecule is CCC1=C(C(=O)OCc2ccccc2)C(c2cccc(Cl)c2)C(C(=O)OCCC#N)=C(C)N1. The van der Waals surface area contributed by atoms with E-state index in [0.29, 0.717) is 39.5 Å². The Bertz CT molecular complexity index is 1130. The lowest BCUT2D eigenvalue weighted by molar-refractivity contribution is -0.141. The van der Waals surface area contributed by atoms with Gasteiger partial charge >= 0.3 is 11.9 Å². The first-order valence-corrected chi connectivity index (χ1v) is 11.1. The van der Waals surface area contributed by atoms with Gasteiger partial charge < -0.3 is 14.8 Å². The Hall–Kier alpha value is -3.56. The molecule has 1 atom stereocenters. The minimum absolute atomic E-state index is 0.0352. The van der Waals surface area contributed by atoms with Crippen LogP contribution < -0.4 is 5.32 Å². The summed E-state index contributed by atoms with van der Waals surface area (Å²) in [6.45, 7) is 3.76. The fourth-order valence-corrected chi connectivity index (χ4v) is 3.97. The highest BCUT2D eigenvalue weighted by Crippen LogP contribution is 2.40. The van der Waals surface area contributed by atoms with Crippen LogP contribution in [0.5, 0.6) is 0 Å². The maximum atomic E-state index is 13.4. The van der Waals surface area contributed by atoms with Crippen molar-refractivity contribution in [1.82, 2.24) is 5.32 Å². The van der Waals surface area contributed by atoms with E-state index in [2.05, 4.69) is 5.32 Å². The van der Waals surface area contributed by atoms with Crippen LogP contribution in [0.15, 0.2) is 77.1 Å². The number of dihydropyridines is 1. The monoisotopic (exact) mass is 464 g/mol. The number of nitrogens with zero attached hydrogens (tertiary/aromatic N) is 1. The van der Waals surface area contributed by atoms with Gasteiger partial charge in [-0.15, -0.1) is 0 Å². The van der Waals surface area contributed by atoms with Gasteiger partial charge in [0.05, 0.1) is 29.6 Å². The molecule has 3 rings (SSSR count). The molecule has 1 aliphatic rings. The average Bonchev–Trinajstić information content (AvgIpc) is 2.82. The van der Waals surface area contributed by atoms with Crippen molar-refractivity contribution in [2.24, 2.45) is 0 Å². The van der Waals surface area contributed by atoms with Crippen LogP contribution in [0, 0.1) is 11.3 Å². The first-order chi connectivity index (χ1) is 16.0. The third-order valence-electron chi connectivity index (χ3n) is 5.28. The van der Waals surface area contributed by atoms with Crippen LogP contribution in [0.25, 0.3) is 0 Å². The zero-order valence-electron chi connectivity index (χ0n) is 18.6. The molecule has 0 aromatic heterocycles. The van der Waals surface area contributed by atoms with Gasteiger partial charge in [-0.3, -0.25) is 0 Å². The predicted molar refractivity (Wildman–Crippen MR) is 125 cm³/mol. The summed E-state index contributed by atoms with van der Waals surface area (Å²) < 4.78 is 11.0. The highest BCUT2D eigenvalue weighted by Gasteiger charge is 2.38. The number of carbonyl (C=O) groups excluding carboxylic acids is 2. The molecule has 2 aromatic carbocycles. The Balaban J connectivity index is 2.02. The van der Waals surface area contributed by atoms with Crippen LogP contribution >= 0.6 is 11.6 Å². The summed E-state index contributed by atoms with van der Waals surface area (Å²) >= 11 is 6.25. The standard InChI is InChI=1S/C26H25ClN2O4/c1-3-21-24(26(31)33-16-18-9-5-4-6-10-18)23(19-11-7-12-20(27)15-19)22(17(2)29-21)25(30)32-14-8-13-28/h4-7,9-12,15,23,29H,3,8,14,16H2,1-2H3. The highest BCUT2D eigenvalue weighted by molar-refractivity contribution is 6.30. The zero-order chi connectivity index (χ0) is 23.8. The summed E-state index contributed by atoms with van der Waals surface area (Å²) in [5.41, 5.74) is 3.42. The van der Waals surface area contributed by atoms with Crippen molar-refractivity contribution in [3.05, 3.63) is 93.3 Å². The number of allylic oxidation sites excluding steroid dienone is 2. The number of esters is 2. The van der Waals surface area contributed by atoms with E-state index >= 15 is 0 Å². The van der Waals surface area contributed by atoms with E-state index in [1.807, 2.05) is 49.4 Å². The van der Waals surface area contributed by atoms with Gasteiger partial charge in [0.15, 0.2) is 0 Å². The van der Waals surface area contributed by atoms with E-state index in [1.165, 1.54) is 0 Å². The predicted octanol–water partition coefficient (Wildman–Crippen LogP) is 5.17. The molecule has 7 heteroatoms. The molecule has 0 spiro atoms. The Morgan fingerprint density at radius 1 is 1.06 bits per heavy atom. The Morgan fingerprint density at radius 2 is 1.79 bits per heavy atom. The van der Waals surface area contributed by atoms with Crippen LogP contribution in [0.4, 0.5) is 0 Å². The van der Waals surface area contributed by atoms with E-state index < -0.39 is 17.9 Å². The maximum Gasteiger partial charge on any atom is 0.337 e. The molecule has 1 heterocycles. The van der Waals surface area contributed by atoms with Crippen molar-refractivity contribution >= 4 is 23.5 Å². The third-order valence-corrected chi connectivity index (χ3v) is 5.52. The number of carbonyl (C=O) groups is 2. The van der Waals surface area contributed by atoms with Crippen LogP contribution in [0.1, 0.15) is 43.7 Å². The molecule has 1 aliphatic heterocycles.